The van der Waals surface area contributed by atoms with E-state index >= 15 is 0 Å². The lowest BCUT2D eigenvalue weighted by molar-refractivity contribution is -0.145. The van der Waals surface area contributed by atoms with Gasteiger partial charge >= 0.3 is 5.97 Å². The number of anilines is 1. The topological polar surface area (TPSA) is 111 Å². The number of fused-ring (bicyclic) bond motifs is 1. The third-order valence-electron chi connectivity index (χ3n) is 7.58. The number of ether oxygens (including phenoxy) is 1. The molecular formula is C29H35FN6O4S. The number of carbonyl (C=O) groups excluding carboxylic acids is 1. The average Bonchev–Trinajstić information content (AvgIpc) is 3.54. The molecule has 0 aliphatic carbocycles. The molecule has 1 N–H and O–H groups in total. The van der Waals surface area contributed by atoms with Crippen molar-refractivity contribution in [2.45, 2.75) is 32.2 Å². The summed E-state index contributed by atoms with van der Waals surface area (Å²) in [5.74, 6) is -0.422. The lowest BCUT2D eigenvalue weighted by Gasteiger charge is -2.33. The second kappa shape index (κ2) is 12.0. The molecule has 0 saturated carbocycles. The second-order valence-electron chi connectivity index (χ2n) is 10.3. The number of nitrogens with one attached hydrogen (secondary N) is 1. The van der Waals surface area contributed by atoms with Crippen molar-refractivity contribution in [2.75, 3.05) is 43.6 Å². The predicted molar refractivity (Wildman–Crippen MR) is 156 cm³/mol. The molecule has 1 aliphatic rings. The summed E-state index contributed by atoms with van der Waals surface area (Å²) in [5, 5.41) is 8.10. The van der Waals surface area contributed by atoms with Crippen molar-refractivity contribution in [1.29, 1.82) is 0 Å². The van der Waals surface area contributed by atoms with Crippen LogP contribution in [0.15, 0.2) is 48.9 Å². The lowest BCUT2D eigenvalue weighted by Crippen LogP contribution is -2.45. The van der Waals surface area contributed by atoms with Crippen LogP contribution in [0.1, 0.15) is 25.3 Å². The second-order valence-corrected chi connectivity index (χ2v) is 12.6. The molecule has 12 heteroatoms. The first kappa shape index (κ1) is 28.7. The van der Waals surface area contributed by atoms with E-state index < -0.39 is 9.84 Å². The van der Waals surface area contributed by atoms with Crippen LogP contribution >= 0.6 is 0 Å². The molecule has 218 valence electrons. The van der Waals surface area contributed by atoms with Gasteiger partial charge in [-0.15, -0.1) is 0 Å². The fourth-order valence-corrected chi connectivity index (χ4v) is 6.87. The monoisotopic (exact) mass is 582 g/mol. The molecule has 4 heterocycles. The van der Waals surface area contributed by atoms with Crippen LogP contribution in [0.2, 0.25) is 0 Å². The molecule has 3 aromatic heterocycles. The van der Waals surface area contributed by atoms with Crippen LogP contribution in [0, 0.1) is 5.82 Å². The van der Waals surface area contributed by atoms with Gasteiger partial charge in [-0.2, -0.15) is 5.10 Å². The Morgan fingerprint density at radius 2 is 1.98 bits per heavy atom. The van der Waals surface area contributed by atoms with Crippen molar-refractivity contribution in [3.05, 3.63) is 60.3 Å². The molecule has 4 aromatic rings. The van der Waals surface area contributed by atoms with Crippen LogP contribution in [-0.2, 0) is 32.8 Å². The number of benzene rings is 1. The standard InChI is InChI=1S/C29H35FN6O4S/c1-4-40-28(37)19-35(22-10-13-41(38,39)14-11-22)12-9-21-17-36(23-16-32-34(3)18-23)29-24(21)6-8-26(33-29)20-5-7-27(31-2)25(30)15-20/h5-8,15-18,22,31H,4,9-14,19H2,1-3H3. The quantitative estimate of drug-likeness (QED) is 0.283. The maximum absolute atomic E-state index is 14.5. The van der Waals surface area contributed by atoms with E-state index in [-0.39, 0.29) is 35.9 Å². The number of sulfone groups is 1. The Bertz CT molecular complexity index is 1650. The van der Waals surface area contributed by atoms with Crippen molar-refractivity contribution in [2.24, 2.45) is 7.05 Å². The van der Waals surface area contributed by atoms with Crippen molar-refractivity contribution < 1.29 is 22.3 Å². The van der Waals surface area contributed by atoms with Gasteiger partial charge in [-0.05, 0) is 56.0 Å². The van der Waals surface area contributed by atoms with Crippen LogP contribution in [0.3, 0.4) is 0 Å². The number of hydrogen-bond acceptors (Lipinski definition) is 8. The molecule has 1 aliphatic heterocycles. The summed E-state index contributed by atoms with van der Waals surface area (Å²) in [6, 6.07) is 8.85. The Morgan fingerprint density at radius 1 is 1.20 bits per heavy atom. The first-order chi connectivity index (χ1) is 19.7. The zero-order chi connectivity index (χ0) is 29.1. The van der Waals surface area contributed by atoms with Gasteiger partial charge in [0, 0.05) is 50.0 Å². The number of nitrogens with zero attached hydrogens (tertiary/aromatic N) is 5. The first-order valence-corrected chi connectivity index (χ1v) is 15.6. The Balaban J connectivity index is 1.48. The summed E-state index contributed by atoms with van der Waals surface area (Å²) >= 11 is 0. The first-order valence-electron chi connectivity index (χ1n) is 13.7. The van der Waals surface area contributed by atoms with E-state index in [1.807, 2.05) is 47.1 Å². The molecule has 0 atom stereocenters. The Labute approximate surface area is 239 Å². The maximum Gasteiger partial charge on any atom is 0.320 e. The molecule has 1 fully saturated rings. The van der Waals surface area contributed by atoms with Gasteiger partial charge in [0.25, 0.3) is 0 Å². The smallest absolute Gasteiger partial charge is 0.320 e. The minimum Gasteiger partial charge on any atom is -0.465 e. The summed E-state index contributed by atoms with van der Waals surface area (Å²) in [4.78, 5) is 19.4. The molecule has 1 aromatic carbocycles. The molecule has 0 amide bonds. The average molecular weight is 583 g/mol. The fraction of sp³-hybridized carbons (Fsp3) is 0.414. The predicted octanol–water partition coefficient (Wildman–Crippen LogP) is 3.59. The highest BCUT2D eigenvalue weighted by molar-refractivity contribution is 7.91. The molecule has 1 saturated heterocycles. The van der Waals surface area contributed by atoms with Crippen molar-refractivity contribution in [3.63, 3.8) is 0 Å². The molecule has 41 heavy (non-hydrogen) atoms. The normalized spacial score (nSPS) is 15.4. The number of aromatic nitrogens is 4. The Kier molecular flexibility index (Phi) is 8.41. The highest BCUT2D eigenvalue weighted by atomic mass is 32.2. The summed E-state index contributed by atoms with van der Waals surface area (Å²) in [6.45, 7) is 2.72. The number of aryl methyl sites for hydroxylation is 1. The highest BCUT2D eigenvalue weighted by Gasteiger charge is 2.29. The Hall–Kier alpha value is -3.77. The molecule has 5 rings (SSSR count). The maximum atomic E-state index is 14.5. The number of pyridine rings is 1. The van der Waals surface area contributed by atoms with Crippen LogP contribution in [0.4, 0.5) is 10.1 Å². The van der Waals surface area contributed by atoms with E-state index in [4.69, 9.17) is 9.72 Å². The lowest BCUT2D eigenvalue weighted by atomic mass is 10.1. The van der Waals surface area contributed by atoms with Crippen LogP contribution in [0.25, 0.3) is 28.0 Å². The molecule has 0 radical (unpaired) electrons. The largest absolute Gasteiger partial charge is 0.465 e. The Morgan fingerprint density at radius 3 is 2.63 bits per heavy atom. The van der Waals surface area contributed by atoms with E-state index in [0.29, 0.717) is 55.0 Å². The van der Waals surface area contributed by atoms with Crippen LogP contribution < -0.4 is 5.32 Å². The van der Waals surface area contributed by atoms with Gasteiger partial charge in [-0.25, -0.2) is 17.8 Å². The third kappa shape index (κ3) is 6.43. The van der Waals surface area contributed by atoms with Gasteiger partial charge in [0.1, 0.15) is 21.3 Å². The molecule has 10 nitrogen and oxygen atoms in total. The van der Waals surface area contributed by atoms with Gasteiger partial charge in [0.2, 0.25) is 0 Å². The van der Waals surface area contributed by atoms with Crippen LogP contribution in [-0.4, -0.2) is 82.9 Å². The summed E-state index contributed by atoms with van der Waals surface area (Å²) in [6.07, 6.45) is 7.28. The zero-order valence-corrected chi connectivity index (χ0v) is 24.3. The summed E-state index contributed by atoms with van der Waals surface area (Å²) in [7, 11) is 0.489. The van der Waals surface area contributed by atoms with Gasteiger partial charge in [-0.3, -0.25) is 18.9 Å². The van der Waals surface area contributed by atoms with E-state index in [0.717, 1.165) is 16.6 Å². The molecule has 0 unspecified atom stereocenters. The number of rotatable bonds is 10. The molecule has 0 bridgehead atoms. The van der Waals surface area contributed by atoms with Crippen molar-refractivity contribution >= 4 is 32.5 Å². The number of esters is 1. The van der Waals surface area contributed by atoms with Gasteiger partial charge in [0.15, 0.2) is 0 Å². The minimum atomic E-state index is -3.03. The summed E-state index contributed by atoms with van der Waals surface area (Å²) in [5.41, 5.74) is 4.30. The van der Waals surface area contributed by atoms with Crippen LogP contribution in [0.5, 0.6) is 0 Å². The van der Waals surface area contributed by atoms with Crippen molar-refractivity contribution in [3.8, 4) is 16.9 Å². The van der Waals surface area contributed by atoms with Gasteiger partial charge in [0.05, 0.1) is 47.9 Å². The van der Waals surface area contributed by atoms with Gasteiger partial charge < -0.3 is 10.1 Å². The summed E-state index contributed by atoms with van der Waals surface area (Å²) < 4.78 is 47.5. The molecular weight excluding hydrogens is 547 g/mol. The van der Waals surface area contributed by atoms with Gasteiger partial charge in [-0.1, -0.05) is 6.07 Å². The number of hydrogen-bond donors (Lipinski definition) is 1. The third-order valence-corrected chi connectivity index (χ3v) is 9.30. The number of carbonyl (C=O) groups is 1. The zero-order valence-electron chi connectivity index (χ0n) is 23.5. The molecule has 0 spiro atoms. The van der Waals surface area contributed by atoms with Crippen molar-refractivity contribution in [1.82, 2.24) is 24.2 Å². The van der Waals surface area contributed by atoms with E-state index in [1.165, 1.54) is 6.07 Å². The fourth-order valence-electron chi connectivity index (χ4n) is 5.41. The highest BCUT2D eigenvalue weighted by Crippen LogP contribution is 2.29. The van der Waals surface area contributed by atoms with E-state index in [9.17, 15) is 17.6 Å². The van der Waals surface area contributed by atoms with E-state index in [1.54, 1.807) is 30.9 Å². The number of halogens is 1. The SMILES string of the molecule is CCOC(=O)CN(CCc1cn(-c2cnn(C)c2)c2nc(-c3ccc(NC)c(F)c3)ccc12)C1CCS(=O)(=O)CC1. The van der Waals surface area contributed by atoms with E-state index in [2.05, 4.69) is 10.4 Å². The minimum absolute atomic E-state index is 0.0187.